The second kappa shape index (κ2) is 10.2. The maximum atomic E-state index is 15.0. The molecular formula is C27H33F2N5O3. The smallest absolute Gasteiger partial charge is 0.255 e. The predicted molar refractivity (Wildman–Crippen MR) is 137 cm³/mol. The van der Waals surface area contributed by atoms with Crippen molar-refractivity contribution < 1.29 is 18.7 Å². The van der Waals surface area contributed by atoms with Crippen molar-refractivity contribution in [2.75, 3.05) is 19.4 Å². The summed E-state index contributed by atoms with van der Waals surface area (Å²) in [7, 11) is 3.41. The van der Waals surface area contributed by atoms with Crippen molar-refractivity contribution >= 4 is 22.8 Å². The van der Waals surface area contributed by atoms with Crippen molar-refractivity contribution in [2.45, 2.75) is 64.3 Å². The first-order valence-electron chi connectivity index (χ1n) is 12.5. The highest BCUT2D eigenvalue weighted by Crippen LogP contribution is 2.40. The number of rotatable bonds is 6. The zero-order valence-corrected chi connectivity index (χ0v) is 21.7. The summed E-state index contributed by atoms with van der Waals surface area (Å²) in [6.07, 6.45) is -0.0140. The third kappa shape index (κ3) is 5.20. The van der Waals surface area contributed by atoms with Gasteiger partial charge >= 0.3 is 0 Å². The van der Waals surface area contributed by atoms with Crippen LogP contribution in [0, 0.1) is 18.7 Å². The van der Waals surface area contributed by atoms with E-state index in [-0.39, 0.29) is 47.0 Å². The number of pyridine rings is 1. The normalized spacial score (nSPS) is 21.5. The lowest BCUT2D eigenvalue weighted by atomic mass is 9.75. The van der Waals surface area contributed by atoms with Gasteiger partial charge in [-0.2, -0.15) is 0 Å². The molecule has 3 aromatic rings. The highest BCUT2D eigenvalue weighted by atomic mass is 19.1. The highest BCUT2D eigenvalue weighted by molar-refractivity contribution is 5.87. The fourth-order valence-corrected chi connectivity index (χ4v) is 5.12. The number of H-pyrrole nitrogens is 1. The number of amides is 1. The van der Waals surface area contributed by atoms with E-state index < -0.39 is 29.2 Å². The van der Waals surface area contributed by atoms with Crippen LogP contribution in [0.4, 0.5) is 14.6 Å². The molecule has 1 unspecified atom stereocenters. The molecule has 4 rings (SSSR count). The van der Waals surface area contributed by atoms with Gasteiger partial charge in [0.1, 0.15) is 29.3 Å². The molecule has 0 spiro atoms. The van der Waals surface area contributed by atoms with Crippen LogP contribution in [0.1, 0.15) is 74.3 Å². The Kier molecular flexibility index (Phi) is 7.32. The van der Waals surface area contributed by atoms with Gasteiger partial charge in [0.25, 0.3) is 5.56 Å². The maximum Gasteiger partial charge on any atom is 0.255 e. The third-order valence-electron chi connectivity index (χ3n) is 7.23. The van der Waals surface area contributed by atoms with Gasteiger partial charge in [0.15, 0.2) is 0 Å². The van der Waals surface area contributed by atoms with Crippen molar-refractivity contribution in [2.24, 2.45) is 5.92 Å². The highest BCUT2D eigenvalue weighted by Gasteiger charge is 2.39. The van der Waals surface area contributed by atoms with E-state index in [0.29, 0.717) is 29.9 Å². The Balaban J connectivity index is 1.70. The number of aromatic amines is 1. The Morgan fingerprint density at radius 1 is 1.22 bits per heavy atom. The summed E-state index contributed by atoms with van der Waals surface area (Å²) in [5.74, 6) is -0.0711. The molecule has 0 bridgehead atoms. The first-order valence-corrected chi connectivity index (χ1v) is 12.5. The lowest BCUT2D eigenvalue weighted by Gasteiger charge is -2.36. The Morgan fingerprint density at radius 2 is 1.86 bits per heavy atom. The van der Waals surface area contributed by atoms with Gasteiger partial charge in [-0.3, -0.25) is 9.59 Å². The van der Waals surface area contributed by atoms with Crippen molar-refractivity contribution in [3.63, 3.8) is 0 Å². The van der Waals surface area contributed by atoms with Crippen LogP contribution in [0.25, 0.3) is 11.0 Å². The topological polar surface area (TPSA) is 111 Å². The lowest BCUT2D eigenvalue weighted by molar-refractivity contribution is -0.136. The van der Waals surface area contributed by atoms with Crippen molar-refractivity contribution in [3.05, 3.63) is 63.0 Å². The van der Waals surface area contributed by atoms with E-state index in [4.69, 9.17) is 0 Å². The molecule has 1 aliphatic carbocycles. The second-order valence-corrected chi connectivity index (χ2v) is 10.2. The quantitative estimate of drug-likeness (QED) is 0.450. The first kappa shape index (κ1) is 26.7. The molecule has 2 aromatic heterocycles. The zero-order chi connectivity index (χ0) is 27.1. The maximum absolute atomic E-state index is 15.0. The van der Waals surface area contributed by atoms with Gasteiger partial charge in [-0.1, -0.05) is 18.2 Å². The number of aliphatic hydroxyl groups is 1. The Labute approximate surface area is 214 Å². The molecule has 8 nitrogen and oxygen atoms in total. The third-order valence-corrected chi connectivity index (χ3v) is 7.23. The summed E-state index contributed by atoms with van der Waals surface area (Å²) in [4.78, 5) is 38.5. The predicted octanol–water partition coefficient (Wildman–Crippen LogP) is 4.44. The van der Waals surface area contributed by atoms with E-state index in [1.165, 1.54) is 13.0 Å². The molecule has 1 amide bonds. The molecule has 3 N–H and O–H groups in total. The van der Waals surface area contributed by atoms with Crippen LogP contribution in [0.15, 0.2) is 29.1 Å². The van der Waals surface area contributed by atoms with Crippen molar-refractivity contribution in [1.82, 2.24) is 19.9 Å². The number of hydrogen-bond acceptors (Lipinski definition) is 6. The minimum atomic E-state index is -1.45. The standard InChI is InChI=1S/C27H33F2N5O3/c1-14(28)18-7-6-8-19(22(18)29)15(2)30-23-20-13-21(25(35)33-24(20)32-16(3)31-23)27(37)11-9-17(10-12-27)26(36)34(4)5/h6-8,13-15,17,37H,9-12H2,1-5H3,(H2,30,31,32,33,35)/t14?,15-,17?,27?/m1/s1. The van der Waals surface area contributed by atoms with Gasteiger partial charge in [0.05, 0.1) is 17.0 Å². The van der Waals surface area contributed by atoms with Gasteiger partial charge in [0, 0.05) is 36.7 Å². The molecule has 2 heterocycles. The molecule has 0 saturated heterocycles. The van der Waals surface area contributed by atoms with Gasteiger partial charge < -0.3 is 20.3 Å². The minimum absolute atomic E-state index is 0.0114. The summed E-state index contributed by atoms with van der Waals surface area (Å²) >= 11 is 0. The van der Waals surface area contributed by atoms with E-state index in [2.05, 4.69) is 20.3 Å². The van der Waals surface area contributed by atoms with Crippen LogP contribution in [0.5, 0.6) is 0 Å². The number of aryl methyl sites for hydroxylation is 1. The van der Waals surface area contributed by atoms with E-state index in [1.54, 1.807) is 51.0 Å². The van der Waals surface area contributed by atoms with E-state index in [0.717, 1.165) is 0 Å². The second-order valence-electron chi connectivity index (χ2n) is 10.2. The average Bonchev–Trinajstić information content (AvgIpc) is 2.83. The number of hydrogen-bond donors (Lipinski definition) is 3. The number of anilines is 1. The number of nitrogens with one attached hydrogen (secondary N) is 2. The zero-order valence-electron chi connectivity index (χ0n) is 21.7. The first-order chi connectivity index (χ1) is 17.4. The van der Waals surface area contributed by atoms with Crippen molar-refractivity contribution in [3.8, 4) is 0 Å². The van der Waals surface area contributed by atoms with Crippen LogP contribution >= 0.6 is 0 Å². The fraction of sp³-hybridized carbons (Fsp3) is 0.481. The minimum Gasteiger partial charge on any atom is -0.385 e. The SMILES string of the molecule is Cc1nc(N[C@H](C)c2cccc(C(C)F)c2F)c2cc(C3(O)CCC(C(=O)N(C)C)CC3)c(=O)[nH]c2n1. The monoisotopic (exact) mass is 513 g/mol. The summed E-state index contributed by atoms with van der Waals surface area (Å²) in [5.41, 5.74) is -1.15. The number of fused-ring (bicyclic) bond motifs is 1. The molecule has 0 aliphatic heterocycles. The van der Waals surface area contributed by atoms with E-state index >= 15 is 0 Å². The molecule has 37 heavy (non-hydrogen) atoms. The number of alkyl halides is 1. The summed E-state index contributed by atoms with van der Waals surface area (Å²) < 4.78 is 28.9. The molecule has 2 atom stereocenters. The van der Waals surface area contributed by atoms with Gasteiger partial charge in [-0.05, 0) is 52.5 Å². The van der Waals surface area contributed by atoms with Gasteiger partial charge in [-0.25, -0.2) is 18.7 Å². The number of halogens is 2. The largest absolute Gasteiger partial charge is 0.385 e. The number of benzene rings is 1. The molecule has 1 aromatic carbocycles. The Bertz CT molecular complexity index is 1380. The molecule has 1 saturated carbocycles. The van der Waals surface area contributed by atoms with Gasteiger partial charge in [0.2, 0.25) is 5.91 Å². The summed E-state index contributed by atoms with van der Waals surface area (Å²) in [6, 6.07) is 5.60. The van der Waals surface area contributed by atoms with E-state index in [9.17, 15) is 23.5 Å². The van der Waals surface area contributed by atoms with Gasteiger partial charge in [-0.15, -0.1) is 0 Å². The lowest BCUT2D eigenvalue weighted by Crippen LogP contribution is -2.40. The molecule has 0 radical (unpaired) electrons. The van der Waals surface area contributed by atoms with Crippen molar-refractivity contribution in [1.29, 1.82) is 0 Å². The number of carbonyl (C=O) groups is 1. The molecule has 10 heteroatoms. The molecule has 198 valence electrons. The summed E-state index contributed by atoms with van der Waals surface area (Å²) in [5, 5.41) is 15.1. The number of nitrogens with zero attached hydrogens (tertiary/aromatic N) is 3. The Hall–Kier alpha value is -3.40. The molecule has 1 fully saturated rings. The van der Waals surface area contributed by atoms with Crippen LogP contribution in [0.2, 0.25) is 0 Å². The van der Waals surface area contributed by atoms with Crippen LogP contribution < -0.4 is 10.9 Å². The number of carbonyl (C=O) groups excluding carboxylic acids is 1. The molecular weight excluding hydrogens is 480 g/mol. The summed E-state index contributed by atoms with van der Waals surface area (Å²) in [6.45, 7) is 4.69. The van der Waals surface area contributed by atoms with Crippen LogP contribution in [0.3, 0.4) is 0 Å². The average molecular weight is 514 g/mol. The fourth-order valence-electron chi connectivity index (χ4n) is 5.12. The van der Waals surface area contributed by atoms with E-state index in [1.807, 2.05) is 0 Å². The number of aromatic nitrogens is 3. The van der Waals surface area contributed by atoms with Crippen LogP contribution in [-0.2, 0) is 10.4 Å². The Morgan fingerprint density at radius 3 is 2.49 bits per heavy atom. The van der Waals surface area contributed by atoms with Crippen LogP contribution in [-0.4, -0.2) is 45.0 Å². The molecule has 1 aliphatic rings.